The number of esters is 2. The van der Waals surface area contributed by atoms with E-state index in [9.17, 15) is 23.8 Å². The van der Waals surface area contributed by atoms with E-state index in [1.54, 1.807) is 0 Å². The number of hydrogen-bond acceptors (Lipinski definition) is 9. The number of hydrogen-bond donors (Lipinski definition) is 3. The maximum Gasteiger partial charge on any atom is 0.472 e. The molecule has 0 fully saturated rings. The van der Waals surface area contributed by atoms with Gasteiger partial charge in [0.1, 0.15) is 12.6 Å². The lowest BCUT2D eigenvalue weighted by Crippen LogP contribution is -2.34. The van der Waals surface area contributed by atoms with E-state index in [1.807, 2.05) is 0 Å². The normalized spacial score (nSPS) is 13.9. The van der Waals surface area contributed by atoms with Gasteiger partial charge in [-0.2, -0.15) is 0 Å². The molecule has 0 heterocycles. The van der Waals surface area contributed by atoms with E-state index in [4.69, 9.17) is 24.8 Å². The number of aliphatic carboxylic acids is 1. The SMILES string of the molecule is CCCCC/C=C\C/C=C\CCCCCCCC(=O)OC[C@H](COP(=O)(O)OC[C@H](N)C(=O)O)OC(=O)CCCCCCCCCCCCCCCCCCCCC. The third-order valence-corrected chi connectivity index (χ3v) is 11.2. The molecule has 0 aliphatic rings. The fourth-order valence-corrected chi connectivity index (χ4v) is 7.29. The summed E-state index contributed by atoms with van der Waals surface area (Å²) in [6, 6.07) is -1.52. The van der Waals surface area contributed by atoms with Crippen molar-refractivity contribution < 1.29 is 47.5 Å². The predicted molar refractivity (Wildman–Crippen MR) is 236 cm³/mol. The molecule has 0 rings (SSSR count). The average Bonchev–Trinajstić information content (AvgIpc) is 3.20. The van der Waals surface area contributed by atoms with Crippen LogP contribution >= 0.6 is 7.82 Å². The fourth-order valence-electron chi connectivity index (χ4n) is 6.51. The third-order valence-electron chi connectivity index (χ3n) is 10.2. The molecule has 340 valence electrons. The highest BCUT2D eigenvalue weighted by molar-refractivity contribution is 7.47. The van der Waals surface area contributed by atoms with Gasteiger partial charge in [0.25, 0.3) is 0 Å². The number of unbranched alkanes of at least 4 members (excludes halogenated alkanes) is 26. The molecular formula is C46H86NO10P. The summed E-state index contributed by atoms with van der Waals surface area (Å²) in [7, 11) is -4.72. The van der Waals surface area contributed by atoms with Gasteiger partial charge >= 0.3 is 25.7 Å². The first-order valence-corrected chi connectivity index (χ1v) is 24.9. The molecule has 0 aliphatic carbocycles. The molecule has 11 nitrogen and oxygen atoms in total. The van der Waals surface area contributed by atoms with Gasteiger partial charge in [0, 0.05) is 12.8 Å². The fraction of sp³-hybridized carbons (Fsp3) is 0.848. The molecule has 1 unspecified atom stereocenters. The van der Waals surface area contributed by atoms with Gasteiger partial charge in [-0.15, -0.1) is 0 Å². The van der Waals surface area contributed by atoms with E-state index in [1.165, 1.54) is 116 Å². The monoisotopic (exact) mass is 844 g/mol. The molecule has 0 saturated carbocycles. The average molecular weight is 844 g/mol. The second-order valence-electron chi connectivity index (χ2n) is 15.9. The zero-order chi connectivity index (χ0) is 42.8. The Labute approximate surface area is 353 Å². The Balaban J connectivity index is 4.30. The Hall–Kier alpha value is -2.04. The molecule has 0 amide bonds. The number of carboxylic acids is 1. The van der Waals surface area contributed by atoms with Crippen molar-refractivity contribution in [2.45, 2.75) is 231 Å². The van der Waals surface area contributed by atoms with Gasteiger partial charge in [-0.1, -0.05) is 186 Å². The number of phosphoric ester groups is 1. The summed E-state index contributed by atoms with van der Waals surface area (Å²) in [6.45, 7) is 2.79. The Morgan fingerprint density at radius 1 is 0.534 bits per heavy atom. The van der Waals surface area contributed by atoms with Crippen LogP contribution in [0.4, 0.5) is 0 Å². The van der Waals surface area contributed by atoms with Crippen LogP contribution in [0.5, 0.6) is 0 Å². The number of carbonyl (C=O) groups is 3. The van der Waals surface area contributed by atoms with Gasteiger partial charge < -0.3 is 25.2 Å². The number of carbonyl (C=O) groups excluding carboxylic acids is 2. The zero-order valence-corrected chi connectivity index (χ0v) is 37.8. The van der Waals surface area contributed by atoms with Crippen LogP contribution in [-0.2, 0) is 37.5 Å². The smallest absolute Gasteiger partial charge is 0.472 e. The maximum atomic E-state index is 12.7. The minimum Gasteiger partial charge on any atom is -0.480 e. The minimum atomic E-state index is -4.72. The summed E-state index contributed by atoms with van der Waals surface area (Å²) in [4.78, 5) is 46.0. The third kappa shape index (κ3) is 40.7. The predicted octanol–water partition coefficient (Wildman–Crippen LogP) is 12.6. The molecule has 0 bridgehead atoms. The van der Waals surface area contributed by atoms with Crippen LogP contribution in [0.1, 0.15) is 219 Å². The summed E-state index contributed by atoms with van der Waals surface area (Å²) >= 11 is 0. The van der Waals surface area contributed by atoms with Crippen LogP contribution in [-0.4, -0.2) is 59.9 Å². The highest BCUT2D eigenvalue weighted by Gasteiger charge is 2.28. The van der Waals surface area contributed by atoms with E-state index >= 15 is 0 Å². The van der Waals surface area contributed by atoms with E-state index in [2.05, 4.69) is 42.7 Å². The van der Waals surface area contributed by atoms with Crippen molar-refractivity contribution in [1.29, 1.82) is 0 Å². The molecule has 0 aromatic heterocycles. The number of allylic oxidation sites excluding steroid dienone is 4. The molecule has 0 aliphatic heterocycles. The van der Waals surface area contributed by atoms with E-state index in [0.29, 0.717) is 12.8 Å². The second-order valence-corrected chi connectivity index (χ2v) is 17.3. The minimum absolute atomic E-state index is 0.163. The van der Waals surface area contributed by atoms with Crippen molar-refractivity contribution in [1.82, 2.24) is 0 Å². The molecule has 12 heteroatoms. The maximum absolute atomic E-state index is 12.7. The van der Waals surface area contributed by atoms with Crippen molar-refractivity contribution in [2.75, 3.05) is 19.8 Å². The standard InChI is InChI=1S/C46H86NO10P/c1-3-5-7-9-11-13-15-17-19-20-21-22-24-26-28-30-32-34-36-38-45(49)57-42(40-55-58(52,53)56-41-43(47)46(50)51)39-54-44(48)37-35-33-31-29-27-25-23-18-16-14-12-10-8-6-4-2/h12,14,18,23,42-43H,3-11,13,15-17,19-22,24-41,47H2,1-2H3,(H,50,51)(H,52,53)/b14-12-,23-18-/t42-,43+/m1/s1. The lowest BCUT2D eigenvalue weighted by Gasteiger charge is -2.20. The van der Waals surface area contributed by atoms with Gasteiger partial charge in [-0.05, 0) is 44.9 Å². The first-order valence-electron chi connectivity index (χ1n) is 23.4. The summed E-state index contributed by atoms with van der Waals surface area (Å²) in [5, 5.41) is 8.90. The summed E-state index contributed by atoms with van der Waals surface area (Å²) in [5.74, 6) is -2.38. The van der Waals surface area contributed by atoms with Crippen LogP contribution in [0.25, 0.3) is 0 Å². The quantitative estimate of drug-likeness (QED) is 0.0231. The van der Waals surface area contributed by atoms with E-state index in [-0.39, 0.29) is 19.4 Å². The first kappa shape index (κ1) is 56.0. The van der Waals surface area contributed by atoms with Gasteiger partial charge in [0.05, 0.1) is 13.2 Å². The second kappa shape index (κ2) is 41.7. The molecular weight excluding hydrogens is 757 g/mol. The van der Waals surface area contributed by atoms with E-state index < -0.39 is 51.1 Å². The number of phosphoric acid groups is 1. The first-order chi connectivity index (χ1) is 28.1. The molecule has 0 aromatic rings. The van der Waals surface area contributed by atoms with Crippen LogP contribution in [0.3, 0.4) is 0 Å². The highest BCUT2D eigenvalue weighted by Crippen LogP contribution is 2.43. The number of nitrogens with two attached hydrogens (primary N) is 1. The molecule has 0 aromatic carbocycles. The van der Waals surface area contributed by atoms with Crippen LogP contribution < -0.4 is 5.73 Å². The Morgan fingerprint density at radius 3 is 1.38 bits per heavy atom. The topological polar surface area (TPSA) is 172 Å². The van der Waals surface area contributed by atoms with Gasteiger partial charge in [0.2, 0.25) is 0 Å². The van der Waals surface area contributed by atoms with Gasteiger partial charge in [-0.25, -0.2) is 4.57 Å². The molecule has 0 radical (unpaired) electrons. The van der Waals surface area contributed by atoms with Crippen molar-refractivity contribution in [3.63, 3.8) is 0 Å². The number of carboxylic acid groups (broad SMARTS) is 1. The Bertz CT molecular complexity index is 1080. The van der Waals surface area contributed by atoms with Crippen molar-refractivity contribution in [2.24, 2.45) is 5.73 Å². The molecule has 0 saturated heterocycles. The lowest BCUT2D eigenvalue weighted by atomic mass is 10.0. The summed E-state index contributed by atoms with van der Waals surface area (Å²) in [6.07, 6.45) is 43.8. The largest absolute Gasteiger partial charge is 0.480 e. The van der Waals surface area contributed by atoms with Gasteiger partial charge in [0.15, 0.2) is 6.10 Å². The van der Waals surface area contributed by atoms with Crippen molar-refractivity contribution in [3.8, 4) is 0 Å². The summed E-state index contributed by atoms with van der Waals surface area (Å²) in [5.41, 5.74) is 5.34. The Morgan fingerprint density at radius 2 is 0.914 bits per heavy atom. The summed E-state index contributed by atoms with van der Waals surface area (Å²) < 4.78 is 32.7. The van der Waals surface area contributed by atoms with Crippen molar-refractivity contribution in [3.05, 3.63) is 24.3 Å². The van der Waals surface area contributed by atoms with Crippen LogP contribution in [0, 0.1) is 0 Å². The lowest BCUT2D eigenvalue weighted by molar-refractivity contribution is -0.161. The number of rotatable bonds is 44. The van der Waals surface area contributed by atoms with Crippen molar-refractivity contribution >= 4 is 25.7 Å². The molecule has 4 N–H and O–H groups in total. The molecule has 0 spiro atoms. The highest BCUT2D eigenvalue weighted by atomic mass is 31.2. The Kier molecular flexibility index (Phi) is 40.2. The van der Waals surface area contributed by atoms with Gasteiger partial charge in [-0.3, -0.25) is 23.4 Å². The van der Waals surface area contributed by atoms with Crippen LogP contribution in [0.2, 0.25) is 0 Å². The molecule has 58 heavy (non-hydrogen) atoms. The van der Waals surface area contributed by atoms with Crippen LogP contribution in [0.15, 0.2) is 24.3 Å². The molecule has 3 atom stereocenters. The van der Waals surface area contributed by atoms with E-state index in [0.717, 1.165) is 64.2 Å². The zero-order valence-electron chi connectivity index (χ0n) is 36.9. The number of ether oxygens (including phenoxy) is 2.